The molecule has 6 heteroatoms. The molecule has 1 aliphatic heterocycles. The zero-order valence-corrected chi connectivity index (χ0v) is 15.8. The van der Waals surface area contributed by atoms with Gasteiger partial charge >= 0.3 is 6.03 Å². The van der Waals surface area contributed by atoms with Gasteiger partial charge in [0.25, 0.3) is 5.91 Å². The molecular weight excluding hydrogens is 330 g/mol. The summed E-state index contributed by atoms with van der Waals surface area (Å²) in [6, 6.07) is 7.66. The maximum atomic E-state index is 12.9. The van der Waals surface area contributed by atoms with E-state index >= 15 is 0 Å². The monoisotopic (exact) mass is 359 g/mol. The number of hydrogen-bond donors (Lipinski definition) is 1. The summed E-state index contributed by atoms with van der Waals surface area (Å²) in [5.74, 6) is 0.779. The third-order valence-corrected chi connectivity index (χ3v) is 5.32. The molecule has 2 aliphatic rings. The molecule has 1 saturated heterocycles. The Bertz CT molecular complexity index is 653. The summed E-state index contributed by atoms with van der Waals surface area (Å²) in [5.41, 5.74) is 0.496. The molecule has 0 unspecified atom stereocenters. The fourth-order valence-corrected chi connectivity index (χ4v) is 3.81. The fraction of sp³-hybridized carbons (Fsp3) is 0.600. The maximum absolute atomic E-state index is 12.9. The number of urea groups is 1. The van der Waals surface area contributed by atoms with Crippen LogP contribution in [0.1, 0.15) is 44.1 Å². The molecule has 0 aromatic heterocycles. The highest BCUT2D eigenvalue weighted by molar-refractivity contribution is 6.07. The number of carbonyl (C=O) groups is 2. The quantitative estimate of drug-likeness (QED) is 0.794. The molecule has 1 heterocycles. The van der Waals surface area contributed by atoms with Crippen LogP contribution >= 0.6 is 0 Å². The average Bonchev–Trinajstić information content (AvgIpc) is 2.77. The van der Waals surface area contributed by atoms with E-state index in [1.165, 1.54) is 4.90 Å². The lowest BCUT2D eigenvalue weighted by Gasteiger charge is -2.26. The van der Waals surface area contributed by atoms with Crippen molar-refractivity contribution in [3.63, 3.8) is 0 Å². The second-order valence-electron chi connectivity index (χ2n) is 7.55. The Hall–Kier alpha value is -2.08. The number of amides is 3. The minimum absolute atomic E-state index is 0.0594. The Morgan fingerprint density at radius 3 is 2.62 bits per heavy atom. The Kier molecular flexibility index (Phi) is 5.81. The molecule has 6 nitrogen and oxygen atoms in total. The average molecular weight is 359 g/mol. The number of ether oxygens (including phenoxy) is 1. The van der Waals surface area contributed by atoms with Crippen molar-refractivity contribution in [2.45, 2.75) is 51.0 Å². The number of nitrogens with zero attached hydrogens (tertiary/aromatic N) is 2. The van der Waals surface area contributed by atoms with Gasteiger partial charge in [-0.15, -0.1) is 0 Å². The van der Waals surface area contributed by atoms with Crippen LogP contribution in [0.2, 0.25) is 0 Å². The van der Waals surface area contributed by atoms with Crippen LogP contribution in [0.3, 0.4) is 0 Å². The standard InChI is InChI=1S/C20H29N3O3/c1-16-8-7-9-17(14-16)26-13-12-22(2)15-23-18(24)20(21-19(23)25)10-5-3-4-6-11-20/h7-9,14H,3-6,10-13,15H2,1-2H3,(H,21,25). The fourth-order valence-electron chi connectivity index (χ4n) is 3.81. The molecule has 1 spiro atoms. The first-order chi connectivity index (χ1) is 12.5. The second kappa shape index (κ2) is 8.08. The lowest BCUT2D eigenvalue weighted by atomic mass is 9.90. The van der Waals surface area contributed by atoms with Gasteiger partial charge in [0.2, 0.25) is 0 Å². The maximum Gasteiger partial charge on any atom is 0.326 e. The largest absolute Gasteiger partial charge is 0.492 e. The van der Waals surface area contributed by atoms with Gasteiger partial charge in [-0.1, -0.05) is 37.8 Å². The number of likely N-dealkylation sites (N-methyl/N-ethyl adjacent to an activating group) is 1. The Labute approximate surface area is 155 Å². The van der Waals surface area contributed by atoms with Gasteiger partial charge in [-0.2, -0.15) is 0 Å². The third-order valence-electron chi connectivity index (χ3n) is 5.32. The zero-order chi connectivity index (χ0) is 18.6. The van der Waals surface area contributed by atoms with Gasteiger partial charge in [0.15, 0.2) is 0 Å². The summed E-state index contributed by atoms with van der Waals surface area (Å²) in [5, 5.41) is 2.98. The molecule has 1 N–H and O–H groups in total. The van der Waals surface area contributed by atoms with E-state index < -0.39 is 5.54 Å². The van der Waals surface area contributed by atoms with Crippen molar-refractivity contribution in [1.29, 1.82) is 0 Å². The van der Waals surface area contributed by atoms with E-state index in [1.807, 2.05) is 43.1 Å². The summed E-state index contributed by atoms with van der Waals surface area (Å²) in [6.45, 7) is 3.47. The van der Waals surface area contributed by atoms with Crippen molar-refractivity contribution in [3.05, 3.63) is 29.8 Å². The molecule has 26 heavy (non-hydrogen) atoms. The molecule has 0 bridgehead atoms. The third kappa shape index (κ3) is 4.18. The van der Waals surface area contributed by atoms with Gasteiger partial charge in [0.05, 0.1) is 6.67 Å². The summed E-state index contributed by atoms with van der Waals surface area (Å²) in [6.07, 6.45) is 5.80. The minimum atomic E-state index is -0.660. The van der Waals surface area contributed by atoms with Crippen LogP contribution in [0, 0.1) is 6.92 Å². The molecule has 1 aliphatic carbocycles. The topological polar surface area (TPSA) is 61.9 Å². The van der Waals surface area contributed by atoms with Crippen molar-refractivity contribution in [3.8, 4) is 5.75 Å². The Balaban J connectivity index is 1.51. The van der Waals surface area contributed by atoms with E-state index in [0.29, 0.717) is 19.8 Å². The van der Waals surface area contributed by atoms with E-state index in [2.05, 4.69) is 5.32 Å². The van der Waals surface area contributed by atoms with Crippen LogP contribution < -0.4 is 10.1 Å². The van der Waals surface area contributed by atoms with Crippen LogP contribution in [-0.2, 0) is 4.79 Å². The number of benzene rings is 1. The number of imide groups is 1. The predicted octanol–water partition coefficient (Wildman–Crippen LogP) is 2.91. The van der Waals surface area contributed by atoms with Crippen LogP contribution in [-0.4, -0.2) is 54.1 Å². The first-order valence-electron chi connectivity index (χ1n) is 9.52. The summed E-state index contributed by atoms with van der Waals surface area (Å²) in [4.78, 5) is 28.6. The van der Waals surface area contributed by atoms with E-state index in [0.717, 1.165) is 49.8 Å². The van der Waals surface area contributed by atoms with Crippen LogP contribution in [0.25, 0.3) is 0 Å². The van der Waals surface area contributed by atoms with Crippen LogP contribution in [0.15, 0.2) is 24.3 Å². The summed E-state index contributed by atoms with van der Waals surface area (Å²) >= 11 is 0. The zero-order valence-electron chi connectivity index (χ0n) is 15.8. The first kappa shape index (κ1) is 18.7. The van der Waals surface area contributed by atoms with Crippen LogP contribution in [0.4, 0.5) is 4.79 Å². The van der Waals surface area contributed by atoms with Gasteiger partial charge in [-0.3, -0.25) is 9.69 Å². The van der Waals surface area contributed by atoms with E-state index in [1.54, 1.807) is 0 Å². The number of aryl methyl sites for hydroxylation is 1. The number of nitrogens with one attached hydrogen (secondary N) is 1. The van der Waals surface area contributed by atoms with E-state index in [4.69, 9.17) is 4.74 Å². The van der Waals surface area contributed by atoms with E-state index in [-0.39, 0.29) is 11.9 Å². The van der Waals surface area contributed by atoms with Gasteiger partial charge in [0.1, 0.15) is 17.9 Å². The number of carbonyl (C=O) groups excluding carboxylic acids is 2. The molecule has 0 atom stereocenters. The smallest absolute Gasteiger partial charge is 0.326 e. The molecule has 0 radical (unpaired) electrons. The molecule has 2 fully saturated rings. The normalized spacial score (nSPS) is 19.7. The van der Waals surface area contributed by atoms with Gasteiger partial charge in [-0.25, -0.2) is 9.69 Å². The Morgan fingerprint density at radius 2 is 1.92 bits per heavy atom. The lowest BCUT2D eigenvalue weighted by molar-refractivity contribution is -0.133. The minimum Gasteiger partial charge on any atom is -0.492 e. The molecule has 1 saturated carbocycles. The molecule has 1 aromatic rings. The highest BCUT2D eigenvalue weighted by atomic mass is 16.5. The molecule has 1 aromatic carbocycles. The predicted molar refractivity (Wildman–Crippen MR) is 100.0 cm³/mol. The van der Waals surface area contributed by atoms with Crippen molar-refractivity contribution < 1.29 is 14.3 Å². The molecule has 3 amide bonds. The Morgan fingerprint density at radius 1 is 1.19 bits per heavy atom. The van der Waals surface area contributed by atoms with E-state index in [9.17, 15) is 9.59 Å². The van der Waals surface area contributed by atoms with Crippen molar-refractivity contribution in [2.24, 2.45) is 0 Å². The highest BCUT2D eigenvalue weighted by Gasteiger charge is 2.50. The van der Waals surface area contributed by atoms with Crippen molar-refractivity contribution in [1.82, 2.24) is 15.1 Å². The summed E-state index contributed by atoms with van der Waals surface area (Å²) in [7, 11) is 1.90. The number of hydrogen-bond acceptors (Lipinski definition) is 4. The van der Waals surface area contributed by atoms with Crippen molar-refractivity contribution in [2.75, 3.05) is 26.9 Å². The van der Waals surface area contributed by atoms with Crippen LogP contribution in [0.5, 0.6) is 5.75 Å². The van der Waals surface area contributed by atoms with Crippen molar-refractivity contribution >= 4 is 11.9 Å². The second-order valence-corrected chi connectivity index (χ2v) is 7.55. The van der Waals surface area contributed by atoms with Gasteiger partial charge in [0, 0.05) is 6.54 Å². The SMILES string of the molecule is Cc1cccc(OCCN(C)CN2C(=O)NC3(CCCCCC3)C2=O)c1. The molecular formula is C20H29N3O3. The number of rotatable bonds is 6. The van der Waals surface area contributed by atoms with Gasteiger partial charge < -0.3 is 10.1 Å². The molecule has 3 rings (SSSR count). The first-order valence-corrected chi connectivity index (χ1v) is 9.52. The van der Waals surface area contributed by atoms with Gasteiger partial charge in [-0.05, 0) is 44.5 Å². The molecule has 142 valence electrons. The summed E-state index contributed by atoms with van der Waals surface area (Å²) < 4.78 is 5.76. The lowest BCUT2D eigenvalue weighted by Crippen LogP contribution is -2.47. The highest BCUT2D eigenvalue weighted by Crippen LogP contribution is 2.32.